The first-order chi connectivity index (χ1) is 9.30. The van der Waals surface area contributed by atoms with Gasteiger partial charge in [-0.1, -0.05) is 18.2 Å². The van der Waals surface area contributed by atoms with Gasteiger partial charge in [0.25, 0.3) is 0 Å². The van der Waals surface area contributed by atoms with E-state index in [0.29, 0.717) is 24.5 Å². The number of hydrogen-bond acceptors (Lipinski definition) is 5. The average Bonchev–Trinajstić information content (AvgIpc) is 2.46. The highest BCUT2D eigenvalue weighted by Crippen LogP contribution is 2.22. The molecule has 2 aromatic rings. The van der Waals surface area contributed by atoms with Crippen LogP contribution in [0, 0.1) is 11.3 Å². The largest absolute Gasteiger partial charge is 0.395 e. The summed E-state index contributed by atoms with van der Waals surface area (Å²) in [5.41, 5.74) is 1.28. The Labute approximate surface area is 111 Å². The summed E-state index contributed by atoms with van der Waals surface area (Å²) in [5.74, 6) is 0.596. The number of fused-ring (bicyclic) bond motifs is 1. The lowest BCUT2D eigenvalue weighted by molar-refractivity contribution is 0.280. The molecule has 0 spiro atoms. The van der Waals surface area contributed by atoms with Crippen LogP contribution in [0.3, 0.4) is 0 Å². The first kappa shape index (κ1) is 13.3. The minimum absolute atomic E-state index is 0.0314. The van der Waals surface area contributed by atoms with Crippen LogP contribution in [0.15, 0.2) is 30.3 Å². The van der Waals surface area contributed by atoms with Gasteiger partial charge in [-0.2, -0.15) is 5.26 Å². The highest BCUT2D eigenvalue weighted by atomic mass is 16.3. The number of nitrogens with zero attached hydrogens (tertiary/aromatic N) is 3. The molecule has 0 fully saturated rings. The van der Waals surface area contributed by atoms with Crippen LogP contribution in [0.2, 0.25) is 0 Å². The van der Waals surface area contributed by atoms with Crippen molar-refractivity contribution in [2.24, 2.45) is 0 Å². The van der Waals surface area contributed by atoms with Crippen molar-refractivity contribution in [3.63, 3.8) is 0 Å². The lowest BCUT2D eigenvalue weighted by atomic mass is 10.1. The standard InChI is InChI=1S/C14H15N3O2/c15-10-11-9-14(17(5-7-18)6-8-19)16-13-4-2-1-3-12(11)13/h1-4,9,18-19H,5-8H2. The molecule has 2 N–H and O–H groups in total. The molecule has 0 aliphatic heterocycles. The van der Waals surface area contributed by atoms with Crippen LogP contribution in [0.4, 0.5) is 5.82 Å². The van der Waals surface area contributed by atoms with E-state index in [4.69, 9.17) is 10.2 Å². The summed E-state index contributed by atoms with van der Waals surface area (Å²) in [7, 11) is 0. The molecule has 1 heterocycles. The summed E-state index contributed by atoms with van der Waals surface area (Å²) in [6.45, 7) is 0.681. The second kappa shape index (κ2) is 6.14. The van der Waals surface area contributed by atoms with E-state index in [0.717, 1.165) is 10.9 Å². The van der Waals surface area contributed by atoms with E-state index in [1.165, 1.54) is 0 Å². The zero-order valence-corrected chi connectivity index (χ0v) is 10.5. The van der Waals surface area contributed by atoms with Crippen molar-refractivity contribution in [3.8, 4) is 6.07 Å². The predicted octanol–water partition coefficient (Wildman–Crippen LogP) is 0.897. The molecule has 0 saturated carbocycles. The molecule has 19 heavy (non-hydrogen) atoms. The van der Waals surface area contributed by atoms with Crippen LogP contribution in [0.1, 0.15) is 5.56 Å². The maximum Gasteiger partial charge on any atom is 0.130 e. The normalized spacial score (nSPS) is 10.4. The summed E-state index contributed by atoms with van der Waals surface area (Å²) >= 11 is 0. The molecule has 0 amide bonds. The Kier molecular flexibility index (Phi) is 4.29. The molecule has 0 radical (unpaired) electrons. The summed E-state index contributed by atoms with van der Waals surface area (Å²) in [6, 6.07) is 11.3. The maximum atomic E-state index is 9.21. The third-order valence-corrected chi connectivity index (χ3v) is 2.89. The topological polar surface area (TPSA) is 80.4 Å². The van der Waals surface area contributed by atoms with Gasteiger partial charge in [0.2, 0.25) is 0 Å². The van der Waals surface area contributed by atoms with E-state index < -0.39 is 0 Å². The molecule has 0 aliphatic rings. The molecule has 0 atom stereocenters. The SMILES string of the molecule is N#Cc1cc(N(CCO)CCO)nc2ccccc12. The molecule has 0 unspecified atom stereocenters. The minimum Gasteiger partial charge on any atom is -0.395 e. The second-order valence-electron chi connectivity index (χ2n) is 4.09. The summed E-state index contributed by atoms with van der Waals surface area (Å²) in [4.78, 5) is 6.23. The van der Waals surface area contributed by atoms with Gasteiger partial charge in [-0.3, -0.25) is 0 Å². The van der Waals surface area contributed by atoms with Crippen LogP contribution in [-0.2, 0) is 0 Å². The van der Waals surface area contributed by atoms with Gasteiger partial charge in [0.05, 0.1) is 30.4 Å². The second-order valence-corrected chi connectivity index (χ2v) is 4.09. The van der Waals surface area contributed by atoms with Crippen molar-refractivity contribution >= 4 is 16.7 Å². The van der Waals surface area contributed by atoms with Gasteiger partial charge >= 0.3 is 0 Å². The first-order valence-electron chi connectivity index (χ1n) is 6.06. The fourth-order valence-corrected chi connectivity index (χ4v) is 2.00. The Morgan fingerprint density at radius 1 is 1.16 bits per heavy atom. The number of pyridine rings is 1. The summed E-state index contributed by atoms with van der Waals surface area (Å²) in [5, 5.41) is 28.1. The molecule has 0 bridgehead atoms. The lowest BCUT2D eigenvalue weighted by Gasteiger charge is -2.22. The van der Waals surface area contributed by atoms with Crippen LogP contribution >= 0.6 is 0 Å². The van der Waals surface area contributed by atoms with Gasteiger partial charge in [0.15, 0.2) is 0 Å². The predicted molar refractivity (Wildman–Crippen MR) is 72.8 cm³/mol. The fourth-order valence-electron chi connectivity index (χ4n) is 2.00. The summed E-state index contributed by atoms with van der Waals surface area (Å²) < 4.78 is 0. The minimum atomic E-state index is -0.0314. The first-order valence-corrected chi connectivity index (χ1v) is 6.06. The van der Waals surface area contributed by atoms with E-state index >= 15 is 0 Å². The number of aromatic nitrogens is 1. The molecule has 5 heteroatoms. The Bertz CT molecular complexity index is 601. The highest BCUT2D eigenvalue weighted by molar-refractivity contribution is 5.86. The van der Waals surface area contributed by atoms with E-state index in [1.807, 2.05) is 24.3 Å². The number of anilines is 1. The Morgan fingerprint density at radius 2 is 1.84 bits per heavy atom. The summed E-state index contributed by atoms with van der Waals surface area (Å²) in [6.07, 6.45) is 0. The Hall–Kier alpha value is -2.16. The number of rotatable bonds is 5. The molecule has 98 valence electrons. The van der Waals surface area contributed by atoms with Gasteiger partial charge in [0.1, 0.15) is 5.82 Å². The lowest BCUT2D eigenvalue weighted by Crippen LogP contribution is -2.30. The van der Waals surface area contributed by atoms with Crippen LogP contribution in [0.5, 0.6) is 0 Å². The molecule has 1 aromatic carbocycles. The third-order valence-electron chi connectivity index (χ3n) is 2.89. The van der Waals surface area contributed by atoms with Crippen molar-refractivity contribution in [2.45, 2.75) is 0 Å². The smallest absolute Gasteiger partial charge is 0.130 e. The van der Waals surface area contributed by atoms with E-state index in [1.54, 1.807) is 11.0 Å². The molecule has 0 saturated heterocycles. The molecular formula is C14H15N3O2. The van der Waals surface area contributed by atoms with Gasteiger partial charge < -0.3 is 15.1 Å². The number of benzene rings is 1. The van der Waals surface area contributed by atoms with Gasteiger partial charge in [-0.15, -0.1) is 0 Å². The highest BCUT2D eigenvalue weighted by Gasteiger charge is 2.11. The van der Waals surface area contributed by atoms with Crippen molar-refractivity contribution in [1.82, 2.24) is 4.98 Å². The van der Waals surface area contributed by atoms with Crippen molar-refractivity contribution < 1.29 is 10.2 Å². The Balaban J connectivity index is 2.51. The van der Waals surface area contributed by atoms with E-state index in [-0.39, 0.29) is 13.2 Å². The van der Waals surface area contributed by atoms with Gasteiger partial charge in [-0.05, 0) is 12.1 Å². The molecular weight excluding hydrogens is 242 g/mol. The zero-order valence-electron chi connectivity index (χ0n) is 10.5. The Morgan fingerprint density at radius 3 is 2.47 bits per heavy atom. The number of aliphatic hydroxyl groups is 2. The van der Waals surface area contributed by atoms with E-state index in [9.17, 15) is 5.26 Å². The molecule has 1 aromatic heterocycles. The fraction of sp³-hybridized carbons (Fsp3) is 0.286. The number of nitriles is 1. The van der Waals surface area contributed by atoms with E-state index in [2.05, 4.69) is 11.1 Å². The maximum absolute atomic E-state index is 9.21. The number of para-hydroxylation sites is 1. The molecule has 2 rings (SSSR count). The molecule has 0 aliphatic carbocycles. The van der Waals surface area contributed by atoms with Crippen LogP contribution in [0.25, 0.3) is 10.9 Å². The van der Waals surface area contributed by atoms with Crippen LogP contribution < -0.4 is 4.90 Å². The third kappa shape index (κ3) is 2.81. The number of aliphatic hydroxyl groups excluding tert-OH is 2. The molecule has 5 nitrogen and oxygen atoms in total. The van der Waals surface area contributed by atoms with Crippen molar-refractivity contribution in [3.05, 3.63) is 35.9 Å². The van der Waals surface area contributed by atoms with Crippen LogP contribution in [-0.4, -0.2) is 41.5 Å². The number of hydrogen-bond donors (Lipinski definition) is 2. The van der Waals surface area contributed by atoms with Gasteiger partial charge in [0, 0.05) is 18.5 Å². The zero-order chi connectivity index (χ0) is 13.7. The monoisotopic (exact) mass is 257 g/mol. The van der Waals surface area contributed by atoms with Crippen molar-refractivity contribution in [2.75, 3.05) is 31.2 Å². The van der Waals surface area contributed by atoms with Crippen molar-refractivity contribution in [1.29, 1.82) is 5.26 Å². The van der Waals surface area contributed by atoms with Gasteiger partial charge in [-0.25, -0.2) is 4.98 Å². The average molecular weight is 257 g/mol. The quantitative estimate of drug-likeness (QED) is 0.831.